The van der Waals surface area contributed by atoms with Crippen LogP contribution in [0.2, 0.25) is 0 Å². The lowest BCUT2D eigenvalue weighted by Crippen LogP contribution is -2.52. The average Bonchev–Trinajstić information content (AvgIpc) is 3.34. The molecule has 2 heterocycles. The number of piperazine rings is 1. The third-order valence-corrected chi connectivity index (χ3v) is 6.35. The smallest absolute Gasteiger partial charge is 0.260 e. The van der Waals surface area contributed by atoms with Crippen LogP contribution in [0.5, 0.6) is 5.75 Å². The van der Waals surface area contributed by atoms with Crippen LogP contribution in [-0.2, 0) is 28.9 Å². The van der Waals surface area contributed by atoms with Crippen molar-refractivity contribution in [3.63, 3.8) is 0 Å². The molecule has 0 bridgehead atoms. The van der Waals surface area contributed by atoms with Crippen molar-refractivity contribution in [3.05, 3.63) is 45.4 Å². The molecule has 2 aliphatic rings. The molecule has 6 nitrogen and oxygen atoms in total. The summed E-state index contributed by atoms with van der Waals surface area (Å²) in [4.78, 5) is 32.8. The van der Waals surface area contributed by atoms with E-state index in [0.717, 1.165) is 29.3 Å². The van der Waals surface area contributed by atoms with E-state index >= 15 is 0 Å². The fourth-order valence-electron chi connectivity index (χ4n) is 3.80. The molecule has 0 spiro atoms. The number of thiazole rings is 1. The summed E-state index contributed by atoms with van der Waals surface area (Å²) in [6.45, 7) is 4.20. The van der Waals surface area contributed by atoms with E-state index in [0.29, 0.717) is 32.6 Å². The molecule has 1 fully saturated rings. The highest BCUT2D eigenvalue weighted by atomic mass is 32.1. The number of carbonyl (C=O) groups excluding carboxylic acids is 2. The molecule has 0 saturated carbocycles. The lowest BCUT2D eigenvalue weighted by molar-refractivity contribution is -0.140. The molecule has 1 aromatic carbocycles. The van der Waals surface area contributed by atoms with Gasteiger partial charge < -0.3 is 14.5 Å². The van der Waals surface area contributed by atoms with Crippen LogP contribution in [-0.4, -0.2) is 59.4 Å². The third-order valence-electron chi connectivity index (χ3n) is 5.39. The second kappa shape index (κ2) is 8.31. The van der Waals surface area contributed by atoms with Gasteiger partial charge in [-0.3, -0.25) is 9.59 Å². The quantitative estimate of drug-likeness (QED) is 0.774. The zero-order valence-corrected chi connectivity index (χ0v) is 17.0. The van der Waals surface area contributed by atoms with Crippen LogP contribution in [0.15, 0.2) is 23.6 Å². The summed E-state index contributed by atoms with van der Waals surface area (Å²) >= 11 is 1.52. The second-order valence-electron chi connectivity index (χ2n) is 7.39. The van der Waals surface area contributed by atoms with E-state index in [1.54, 1.807) is 4.90 Å². The molecule has 1 aliphatic heterocycles. The van der Waals surface area contributed by atoms with Crippen LogP contribution in [0.25, 0.3) is 0 Å². The van der Waals surface area contributed by atoms with Gasteiger partial charge in [0.1, 0.15) is 10.8 Å². The minimum Gasteiger partial charge on any atom is -0.484 e. The Balaban J connectivity index is 1.23. The first-order chi connectivity index (χ1) is 13.6. The predicted octanol–water partition coefficient (Wildman–Crippen LogP) is 2.23. The van der Waals surface area contributed by atoms with Crippen molar-refractivity contribution in [2.24, 2.45) is 0 Å². The Morgan fingerprint density at radius 1 is 1.07 bits per heavy atom. The molecule has 0 unspecified atom stereocenters. The number of aromatic nitrogens is 1. The van der Waals surface area contributed by atoms with E-state index in [1.807, 2.05) is 23.3 Å². The molecule has 1 aliphatic carbocycles. The lowest BCUT2D eigenvalue weighted by Gasteiger charge is -2.34. The van der Waals surface area contributed by atoms with Gasteiger partial charge in [0.05, 0.1) is 6.42 Å². The second-order valence-corrected chi connectivity index (χ2v) is 8.34. The van der Waals surface area contributed by atoms with Gasteiger partial charge in [-0.25, -0.2) is 4.98 Å². The van der Waals surface area contributed by atoms with Crippen LogP contribution < -0.4 is 4.74 Å². The Morgan fingerprint density at radius 2 is 1.79 bits per heavy atom. The molecule has 28 heavy (non-hydrogen) atoms. The number of benzene rings is 1. The maximum Gasteiger partial charge on any atom is 0.260 e. The fraction of sp³-hybridized carbons (Fsp3) is 0.476. The summed E-state index contributed by atoms with van der Waals surface area (Å²) in [6, 6.07) is 6.12. The topological polar surface area (TPSA) is 62.7 Å². The first-order valence-corrected chi connectivity index (χ1v) is 10.7. The van der Waals surface area contributed by atoms with Crippen molar-refractivity contribution < 1.29 is 14.3 Å². The van der Waals surface area contributed by atoms with Gasteiger partial charge in [0.2, 0.25) is 5.91 Å². The molecule has 0 radical (unpaired) electrons. The maximum atomic E-state index is 12.5. The highest BCUT2D eigenvalue weighted by molar-refractivity contribution is 7.09. The predicted molar refractivity (Wildman–Crippen MR) is 108 cm³/mol. The minimum atomic E-state index is -0.0249. The van der Waals surface area contributed by atoms with Crippen molar-refractivity contribution in [1.82, 2.24) is 14.8 Å². The SMILES string of the molecule is Cc1csc(CC(=O)N2CCN(C(=O)COc3ccc4c(c3)CCC4)CC2)n1. The first kappa shape index (κ1) is 18.9. The van der Waals surface area contributed by atoms with E-state index < -0.39 is 0 Å². The van der Waals surface area contributed by atoms with Gasteiger partial charge >= 0.3 is 0 Å². The third kappa shape index (κ3) is 4.35. The van der Waals surface area contributed by atoms with Gasteiger partial charge in [-0.1, -0.05) is 6.07 Å². The summed E-state index contributed by atoms with van der Waals surface area (Å²) in [5.74, 6) is 0.820. The molecule has 0 atom stereocenters. The van der Waals surface area contributed by atoms with Crippen LogP contribution in [0.1, 0.15) is 28.2 Å². The average molecular weight is 400 g/mol. The molecule has 2 aromatic rings. The standard InChI is InChI=1S/C21H25N3O3S/c1-15-14-28-19(22-15)12-20(25)23-7-9-24(10-8-23)21(26)13-27-18-6-5-16-3-2-4-17(16)11-18/h5-6,11,14H,2-4,7-10,12-13H2,1H3. The van der Waals surface area contributed by atoms with Crippen LogP contribution in [0, 0.1) is 6.92 Å². The van der Waals surface area contributed by atoms with E-state index in [1.165, 1.54) is 28.9 Å². The van der Waals surface area contributed by atoms with Crippen molar-refractivity contribution in [2.75, 3.05) is 32.8 Å². The van der Waals surface area contributed by atoms with Crippen molar-refractivity contribution in [3.8, 4) is 5.75 Å². The molecule has 7 heteroatoms. The van der Waals surface area contributed by atoms with Gasteiger partial charge in [-0.05, 0) is 49.4 Å². The Bertz CT molecular complexity index is 872. The summed E-state index contributed by atoms with van der Waals surface area (Å²) in [7, 11) is 0. The highest BCUT2D eigenvalue weighted by Gasteiger charge is 2.25. The van der Waals surface area contributed by atoms with Crippen LogP contribution in [0.4, 0.5) is 0 Å². The molecule has 1 saturated heterocycles. The van der Waals surface area contributed by atoms with E-state index in [2.05, 4.69) is 17.1 Å². The zero-order valence-electron chi connectivity index (χ0n) is 16.1. The molecule has 148 valence electrons. The molecular weight excluding hydrogens is 374 g/mol. The molecular formula is C21H25N3O3S. The molecule has 4 rings (SSSR count). The van der Waals surface area contributed by atoms with Crippen LogP contribution >= 0.6 is 11.3 Å². The van der Waals surface area contributed by atoms with Crippen molar-refractivity contribution >= 4 is 23.2 Å². The number of rotatable bonds is 5. The largest absolute Gasteiger partial charge is 0.484 e. The summed E-state index contributed by atoms with van der Waals surface area (Å²) in [6.07, 6.45) is 3.77. The Labute approximate surface area is 169 Å². The number of hydrogen-bond acceptors (Lipinski definition) is 5. The summed E-state index contributed by atoms with van der Waals surface area (Å²) in [5, 5.41) is 2.81. The number of hydrogen-bond donors (Lipinski definition) is 0. The normalized spacial score (nSPS) is 16.2. The summed E-state index contributed by atoms with van der Waals surface area (Å²) in [5.41, 5.74) is 3.69. The van der Waals surface area contributed by atoms with Crippen molar-refractivity contribution in [1.29, 1.82) is 0 Å². The number of ether oxygens (including phenoxy) is 1. The van der Waals surface area contributed by atoms with Gasteiger partial charge in [-0.2, -0.15) is 0 Å². The zero-order chi connectivity index (χ0) is 19.5. The van der Waals surface area contributed by atoms with E-state index in [4.69, 9.17) is 4.74 Å². The van der Waals surface area contributed by atoms with Gasteiger partial charge in [0.15, 0.2) is 6.61 Å². The van der Waals surface area contributed by atoms with Gasteiger partial charge in [-0.15, -0.1) is 11.3 Å². The Kier molecular flexibility index (Phi) is 5.62. The molecule has 1 aromatic heterocycles. The number of amides is 2. The van der Waals surface area contributed by atoms with Crippen LogP contribution in [0.3, 0.4) is 0 Å². The number of nitrogens with zero attached hydrogens (tertiary/aromatic N) is 3. The minimum absolute atomic E-state index is 0.0249. The monoisotopic (exact) mass is 399 g/mol. The Hall–Kier alpha value is -2.41. The van der Waals surface area contributed by atoms with Crippen molar-refractivity contribution in [2.45, 2.75) is 32.6 Å². The number of fused-ring (bicyclic) bond motifs is 1. The number of carbonyl (C=O) groups is 2. The lowest BCUT2D eigenvalue weighted by atomic mass is 10.1. The molecule has 2 amide bonds. The first-order valence-electron chi connectivity index (χ1n) is 9.79. The number of aryl methyl sites for hydroxylation is 3. The highest BCUT2D eigenvalue weighted by Crippen LogP contribution is 2.26. The maximum absolute atomic E-state index is 12.5. The molecule has 0 N–H and O–H groups in total. The van der Waals surface area contributed by atoms with Gasteiger partial charge in [0.25, 0.3) is 5.91 Å². The fourth-order valence-corrected chi connectivity index (χ4v) is 4.57. The van der Waals surface area contributed by atoms with E-state index in [9.17, 15) is 9.59 Å². The Morgan fingerprint density at radius 3 is 2.50 bits per heavy atom. The van der Waals surface area contributed by atoms with Gasteiger partial charge in [0, 0.05) is 37.3 Å². The summed E-state index contributed by atoms with van der Waals surface area (Å²) < 4.78 is 5.72. The van der Waals surface area contributed by atoms with E-state index in [-0.39, 0.29) is 18.4 Å².